The Morgan fingerprint density at radius 2 is 1.65 bits per heavy atom. The fraction of sp³-hybridized carbons (Fsp3) is 0.240. The number of benzene rings is 2. The molecule has 0 fully saturated rings. The first kappa shape index (κ1) is 20.6. The standard InChI is InChI=1S/C25H27N5O/c1-17-24(18(2)30(3)29-17)22-16-23(28-27-22)25(31)26-15-14-21(19-10-6-4-7-11-19)20-12-8-5-9-13-20/h4-13,16,21H,14-15H2,1-3H3,(H,26,31)(H,27,28). The monoisotopic (exact) mass is 413 g/mol. The number of hydrogen-bond acceptors (Lipinski definition) is 3. The van der Waals surface area contributed by atoms with Gasteiger partial charge in [0.25, 0.3) is 5.91 Å². The molecule has 0 saturated carbocycles. The Bertz CT molecular complexity index is 1120. The average molecular weight is 414 g/mol. The van der Waals surface area contributed by atoms with Crippen LogP contribution in [0.5, 0.6) is 0 Å². The molecule has 0 aliphatic carbocycles. The van der Waals surface area contributed by atoms with Crippen LogP contribution in [-0.2, 0) is 7.05 Å². The van der Waals surface area contributed by atoms with Crippen molar-refractivity contribution in [1.82, 2.24) is 25.3 Å². The molecular formula is C25H27N5O. The smallest absolute Gasteiger partial charge is 0.269 e. The lowest BCUT2D eigenvalue weighted by molar-refractivity contribution is 0.0948. The molecule has 158 valence electrons. The highest BCUT2D eigenvalue weighted by atomic mass is 16.1. The molecule has 0 saturated heterocycles. The number of nitrogens with zero attached hydrogens (tertiary/aromatic N) is 3. The summed E-state index contributed by atoms with van der Waals surface area (Å²) >= 11 is 0. The van der Waals surface area contributed by atoms with Gasteiger partial charge in [0.05, 0.1) is 11.4 Å². The van der Waals surface area contributed by atoms with Crippen molar-refractivity contribution in [3.8, 4) is 11.3 Å². The lowest BCUT2D eigenvalue weighted by Gasteiger charge is -2.18. The molecule has 2 N–H and O–H groups in total. The largest absolute Gasteiger partial charge is 0.351 e. The number of hydrogen-bond donors (Lipinski definition) is 2. The molecule has 0 atom stereocenters. The van der Waals surface area contributed by atoms with Crippen LogP contribution >= 0.6 is 0 Å². The summed E-state index contributed by atoms with van der Waals surface area (Å²) in [4.78, 5) is 12.7. The van der Waals surface area contributed by atoms with Crippen LogP contribution in [0.1, 0.15) is 45.3 Å². The molecule has 0 spiro atoms. The van der Waals surface area contributed by atoms with Gasteiger partial charge in [-0.2, -0.15) is 10.2 Å². The highest BCUT2D eigenvalue weighted by Gasteiger charge is 2.18. The molecule has 4 aromatic rings. The molecule has 6 heteroatoms. The number of carbonyl (C=O) groups excluding carboxylic acids is 1. The van der Waals surface area contributed by atoms with Gasteiger partial charge >= 0.3 is 0 Å². The lowest BCUT2D eigenvalue weighted by Crippen LogP contribution is -2.26. The first-order valence-electron chi connectivity index (χ1n) is 10.5. The van der Waals surface area contributed by atoms with Gasteiger partial charge < -0.3 is 5.32 Å². The number of rotatable bonds is 7. The minimum atomic E-state index is -0.155. The Morgan fingerprint density at radius 1 is 1.03 bits per heavy atom. The maximum atomic E-state index is 12.7. The number of H-pyrrole nitrogens is 1. The van der Waals surface area contributed by atoms with E-state index in [1.165, 1.54) is 11.1 Å². The summed E-state index contributed by atoms with van der Waals surface area (Å²) in [6.45, 7) is 4.51. The van der Waals surface area contributed by atoms with Gasteiger partial charge in [-0.1, -0.05) is 60.7 Å². The number of carbonyl (C=O) groups is 1. The van der Waals surface area contributed by atoms with E-state index in [0.717, 1.165) is 29.1 Å². The third-order valence-electron chi connectivity index (χ3n) is 5.71. The van der Waals surface area contributed by atoms with Crippen LogP contribution in [-0.4, -0.2) is 32.4 Å². The van der Waals surface area contributed by atoms with Crippen molar-refractivity contribution >= 4 is 5.91 Å². The van der Waals surface area contributed by atoms with Crippen molar-refractivity contribution < 1.29 is 4.79 Å². The zero-order valence-corrected chi connectivity index (χ0v) is 18.1. The number of amides is 1. The maximum absolute atomic E-state index is 12.7. The highest BCUT2D eigenvalue weighted by molar-refractivity contribution is 5.93. The second-order valence-corrected chi connectivity index (χ2v) is 7.75. The molecule has 0 radical (unpaired) electrons. The summed E-state index contributed by atoms with van der Waals surface area (Å²) in [6, 6.07) is 22.6. The Balaban J connectivity index is 1.44. The van der Waals surface area contributed by atoms with Crippen molar-refractivity contribution in [3.05, 3.63) is 94.9 Å². The predicted molar refractivity (Wildman–Crippen MR) is 122 cm³/mol. The van der Waals surface area contributed by atoms with E-state index in [0.29, 0.717) is 12.2 Å². The normalized spacial score (nSPS) is 11.1. The van der Waals surface area contributed by atoms with E-state index >= 15 is 0 Å². The summed E-state index contributed by atoms with van der Waals surface area (Å²) in [5.74, 6) is 0.0681. The Hall–Kier alpha value is -3.67. The minimum Gasteiger partial charge on any atom is -0.351 e. The molecule has 2 aromatic carbocycles. The zero-order chi connectivity index (χ0) is 21.8. The molecule has 2 aromatic heterocycles. The third kappa shape index (κ3) is 4.43. The van der Waals surface area contributed by atoms with Gasteiger partial charge in [0, 0.05) is 30.8 Å². The quantitative estimate of drug-likeness (QED) is 0.472. The molecule has 6 nitrogen and oxygen atoms in total. The summed E-state index contributed by atoms with van der Waals surface area (Å²) in [6.07, 6.45) is 0.807. The van der Waals surface area contributed by atoms with Gasteiger partial charge in [0.1, 0.15) is 5.69 Å². The number of aromatic amines is 1. The summed E-state index contributed by atoms with van der Waals surface area (Å²) in [5.41, 5.74) is 6.56. The van der Waals surface area contributed by atoms with Gasteiger partial charge in [0.15, 0.2) is 0 Å². The molecule has 0 aliphatic heterocycles. The predicted octanol–water partition coefficient (Wildman–Crippen LogP) is 4.38. The minimum absolute atomic E-state index is 0.155. The third-order valence-corrected chi connectivity index (χ3v) is 5.71. The van der Waals surface area contributed by atoms with Gasteiger partial charge in [-0.3, -0.25) is 14.6 Å². The van der Waals surface area contributed by atoms with E-state index in [9.17, 15) is 4.79 Å². The van der Waals surface area contributed by atoms with E-state index < -0.39 is 0 Å². The van der Waals surface area contributed by atoms with Crippen LogP contribution in [0.3, 0.4) is 0 Å². The van der Waals surface area contributed by atoms with Crippen LogP contribution in [0.25, 0.3) is 11.3 Å². The van der Waals surface area contributed by atoms with Crippen LogP contribution in [0.2, 0.25) is 0 Å². The second-order valence-electron chi connectivity index (χ2n) is 7.75. The van der Waals surface area contributed by atoms with Crippen LogP contribution in [0, 0.1) is 13.8 Å². The summed E-state index contributed by atoms with van der Waals surface area (Å²) in [5, 5.41) is 14.7. The number of aryl methyl sites for hydroxylation is 2. The van der Waals surface area contributed by atoms with Crippen molar-refractivity contribution in [2.24, 2.45) is 7.05 Å². The average Bonchev–Trinajstić information content (AvgIpc) is 3.36. The van der Waals surface area contributed by atoms with Crippen molar-refractivity contribution in [1.29, 1.82) is 0 Å². The molecule has 31 heavy (non-hydrogen) atoms. The lowest BCUT2D eigenvalue weighted by atomic mass is 9.88. The molecule has 1 amide bonds. The fourth-order valence-electron chi connectivity index (χ4n) is 4.03. The Labute approximate surface area is 182 Å². The highest BCUT2D eigenvalue weighted by Crippen LogP contribution is 2.28. The summed E-state index contributed by atoms with van der Waals surface area (Å²) < 4.78 is 1.83. The van der Waals surface area contributed by atoms with Crippen LogP contribution in [0.15, 0.2) is 66.7 Å². The van der Waals surface area contributed by atoms with Gasteiger partial charge in [-0.05, 0) is 37.5 Å². The Kier molecular flexibility index (Phi) is 5.98. The number of nitrogens with one attached hydrogen (secondary N) is 2. The summed E-state index contributed by atoms with van der Waals surface area (Å²) in [7, 11) is 1.90. The first-order valence-corrected chi connectivity index (χ1v) is 10.5. The molecular weight excluding hydrogens is 386 g/mol. The zero-order valence-electron chi connectivity index (χ0n) is 18.1. The SMILES string of the molecule is Cc1nn(C)c(C)c1-c1cc(C(=O)NCCC(c2ccccc2)c2ccccc2)[nH]n1. The number of aromatic nitrogens is 4. The fourth-order valence-corrected chi connectivity index (χ4v) is 4.03. The van der Waals surface area contributed by atoms with Crippen LogP contribution < -0.4 is 5.32 Å². The van der Waals surface area contributed by atoms with E-state index in [4.69, 9.17) is 0 Å². The second kappa shape index (κ2) is 9.00. The van der Waals surface area contributed by atoms with E-state index in [2.05, 4.69) is 69.1 Å². The van der Waals surface area contributed by atoms with E-state index in [-0.39, 0.29) is 11.8 Å². The van der Waals surface area contributed by atoms with E-state index in [1.54, 1.807) is 6.07 Å². The van der Waals surface area contributed by atoms with E-state index in [1.807, 2.05) is 37.7 Å². The van der Waals surface area contributed by atoms with Crippen LogP contribution in [0.4, 0.5) is 0 Å². The molecule has 0 bridgehead atoms. The van der Waals surface area contributed by atoms with Gasteiger partial charge in [0.2, 0.25) is 0 Å². The maximum Gasteiger partial charge on any atom is 0.269 e. The van der Waals surface area contributed by atoms with Crippen molar-refractivity contribution in [3.63, 3.8) is 0 Å². The molecule has 0 unspecified atom stereocenters. The van der Waals surface area contributed by atoms with Gasteiger partial charge in [-0.25, -0.2) is 0 Å². The molecule has 4 rings (SSSR count). The van der Waals surface area contributed by atoms with Crippen molar-refractivity contribution in [2.75, 3.05) is 6.54 Å². The van der Waals surface area contributed by atoms with Crippen molar-refractivity contribution in [2.45, 2.75) is 26.2 Å². The first-order chi connectivity index (χ1) is 15.0. The van der Waals surface area contributed by atoms with Gasteiger partial charge in [-0.15, -0.1) is 0 Å². The topological polar surface area (TPSA) is 75.6 Å². The Morgan fingerprint density at radius 3 is 2.19 bits per heavy atom. The molecule has 0 aliphatic rings. The molecule has 2 heterocycles.